The normalized spacial score (nSPS) is 10.6. The van der Waals surface area contributed by atoms with Gasteiger partial charge in [0.15, 0.2) is 11.6 Å². The molecule has 0 atom stereocenters. The first-order valence-electron chi connectivity index (χ1n) is 5.27. The molecule has 0 bridgehead atoms. The molecule has 94 valence electrons. The maximum atomic E-state index is 13.3. The summed E-state index contributed by atoms with van der Waals surface area (Å²) in [6.07, 6.45) is 1.05. The van der Waals surface area contributed by atoms with Gasteiger partial charge in [0.05, 0.1) is 6.54 Å². The number of nitrogens with zero attached hydrogens (tertiary/aromatic N) is 2. The minimum atomic E-state index is -0.710. The van der Waals surface area contributed by atoms with Crippen LogP contribution in [0.3, 0.4) is 0 Å². The Morgan fingerprint density at radius 3 is 2.67 bits per heavy atom. The number of aromatic nitrogens is 2. The van der Waals surface area contributed by atoms with Gasteiger partial charge in [0.1, 0.15) is 0 Å². The molecular weight excluding hydrogens is 257 g/mol. The van der Waals surface area contributed by atoms with E-state index in [1.165, 1.54) is 0 Å². The summed E-state index contributed by atoms with van der Waals surface area (Å²) in [5.41, 5.74) is 6.37. The molecule has 0 aliphatic carbocycles. The lowest BCUT2D eigenvalue weighted by Gasteiger charge is -2.09. The average molecular weight is 268 g/mol. The molecule has 0 amide bonds. The fourth-order valence-electron chi connectivity index (χ4n) is 1.62. The van der Waals surface area contributed by atoms with E-state index in [4.69, 9.17) is 17.3 Å². The Balaban J connectivity index is 2.40. The van der Waals surface area contributed by atoms with Gasteiger partial charge in [0.25, 0.3) is 0 Å². The fraction of sp³-hybridized carbons (Fsp3) is 0.167. The van der Waals surface area contributed by atoms with Gasteiger partial charge in [-0.15, -0.1) is 11.6 Å². The number of anilines is 1. The molecule has 18 heavy (non-hydrogen) atoms. The summed E-state index contributed by atoms with van der Waals surface area (Å²) < 4.78 is 14.4. The van der Waals surface area contributed by atoms with Crippen molar-refractivity contribution in [2.45, 2.75) is 12.4 Å². The van der Waals surface area contributed by atoms with Crippen LogP contribution in [0.5, 0.6) is 0 Å². The lowest BCUT2D eigenvalue weighted by Crippen LogP contribution is -2.25. The second-order valence-electron chi connectivity index (χ2n) is 3.79. The lowest BCUT2D eigenvalue weighted by atomic mass is 10.1. The van der Waals surface area contributed by atoms with Crippen molar-refractivity contribution < 1.29 is 4.39 Å². The van der Waals surface area contributed by atoms with Crippen molar-refractivity contribution in [1.29, 1.82) is 0 Å². The van der Waals surface area contributed by atoms with Crippen LogP contribution in [0.1, 0.15) is 11.1 Å². The molecule has 0 aliphatic rings. The van der Waals surface area contributed by atoms with Crippen molar-refractivity contribution in [3.8, 4) is 0 Å². The largest absolute Gasteiger partial charge is 0.381 e. The van der Waals surface area contributed by atoms with Gasteiger partial charge in [-0.2, -0.15) is 4.98 Å². The van der Waals surface area contributed by atoms with Crippen LogP contribution in [-0.2, 0) is 12.4 Å². The second kappa shape index (κ2) is 5.18. The highest BCUT2D eigenvalue weighted by molar-refractivity contribution is 6.17. The molecule has 2 rings (SSSR count). The minimum absolute atomic E-state index is 0.214. The van der Waals surface area contributed by atoms with E-state index in [9.17, 15) is 9.18 Å². The molecule has 2 aromatic rings. The Kier molecular flexibility index (Phi) is 3.62. The Bertz CT molecular complexity index is 627. The molecule has 4 nitrogen and oxygen atoms in total. The molecule has 0 saturated heterocycles. The lowest BCUT2D eigenvalue weighted by molar-refractivity contribution is 0.585. The van der Waals surface area contributed by atoms with E-state index in [-0.39, 0.29) is 12.4 Å². The SMILES string of the molecule is Nc1nc(=O)n(Cc2ccccc2CCl)cc1F. The number of rotatable bonds is 3. The van der Waals surface area contributed by atoms with Gasteiger partial charge in [0, 0.05) is 12.1 Å². The summed E-state index contributed by atoms with van der Waals surface area (Å²) >= 11 is 5.80. The van der Waals surface area contributed by atoms with Crippen LogP contribution in [0.2, 0.25) is 0 Å². The summed E-state index contributed by atoms with van der Waals surface area (Å²) in [4.78, 5) is 15.0. The Morgan fingerprint density at radius 1 is 1.33 bits per heavy atom. The molecule has 0 radical (unpaired) electrons. The van der Waals surface area contributed by atoms with Gasteiger partial charge in [-0.3, -0.25) is 4.57 Å². The molecule has 0 spiro atoms. The van der Waals surface area contributed by atoms with Gasteiger partial charge in [-0.05, 0) is 11.1 Å². The first-order chi connectivity index (χ1) is 8.61. The highest BCUT2D eigenvalue weighted by atomic mass is 35.5. The summed E-state index contributed by atoms with van der Waals surface area (Å²) in [7, 11) is 0. The van der Waals surface area contributed by atoms with Crippen LogP contribution in [-0.4, -0.2) is 9.55 Å². The molecular formula is C12H11ClFN3O. The topological polar surface area (TPSA) is 60.9 Å². The van der Waals surface area contributed by atoms with Crippen molar-refractivity contribution in [2.24, 2.45) is 0 Å². The third-order valence-corrected chi connectivity index (χ3v) is 2.87. The number of nitrogen functional groups attached to an aromatic ring is 1. The average Bonchev–Trinajstić information content (AvgIpc) is 2.36. The molecule has 6 heteroatoms. The zero-order valence-electron chi connectivity index (χ0n) is 9.44. The summed E-state index contributed by atoms with van der Waals surface area (Å²) in [6.45, 7) is 0.214. The second-order valence-corrected chi connectivity index (χ2v) is 4.05. The molecule has 0 unspecified atom stereocenters. The molecule has 1 aromatic carbocycles. The maximum absolute atomic E-state index is 13.3. The fourth-order valence-corrected chi connectivity index (χ4v) is 1.88. The molecule has 0 saturated carbocycles. The van der Waals surface area contributed by atoms with Crippen LogP contribution in [0, 0.1) is 5.82 Å². The third-order valence-electron chi connectivity index (χ3n) is 2.58. The molecule has 0 aliphatic heterocycles. The molecule has 2 N–H and O–H groups in total. The van der Waals surface area contributed by atoms with Crippen molar-refractivity contribution in [2.75, 3.05) is 5.73 Å². The summed E-state index contributed by atoms with van der Waals surface area (Å²) in [5.74, 6) is -0.768. The zero-order chi connectivity index (χ0) is 13.1. The molecule has 0 fully saturated rings. The van der Waals surface area contributed by atoms with Crippen molar-refractivity contribution >= 4 is 17.4 Å². The molecule has 1 heterocycles. The van der Waals surface area contributed by atoms with Gasteiger partial charge >= 0.3 is 5.69 Å². The van der Waals surface area contributed by atoms with Crippen LogP contribution in [0.4, 0.5) is 10.2 Å². The monoisotopic (exact) mass is 267 g/mol. The standard InChI is InChI=1S/C12H11ClFN3O/c13-5-8-3-1-2-4-9(8)6-17-7-10(14)11(15)16-12(17)18/h1-4,7H,5-6H2,(H2,15,16,18). The van der Waals surface area contributed by atoms with Gasteiger partial charge < -0.3 is 5.73 Å². The highest BCUT2D eigenvalue weighted by Gasteiger charge is 2.07. The van der Waals surface area contributed by atoms with Gasteiger partial charge in [0.2, 0.25) is 0 Å². The Morgan fingerprint density at radius 2 is 2.00 bits per heavy atom. The number of hydrogen-bond acceptors (Lipinski definition) is 3. The first kappa shape index (κ1) is 12.6. The Labute approximate surface area is 108 Å². The summed E-state index contributed by atoms with van der Waals surface area (Å²) in [6, 6.07) is 7.37. The predicted molar refractivity (Wildman–Crippen MR) is 68.0 cm³/mol. The number of nitrogens with two attached hydrogens (primary N) is 1. The van der Waals surface area contributed by atoms with E-state index >= 15 is 0 Å². The van der Waals surface area contributed by atoms with E-state index in [0.29, 0.717) is 5.88 Å². The number of hydrogen-bond donors (Lipinski definition) is 1. The maximum Gasteiger partial charge on any atom is 0.350 e. The Hall–Kier alpha value is -1.88. The van der Waals surface area contributed by atoms with Gasteiger partial charge in [-0.1, -0.05) is 24.3 Å². The quantitative estimate of drug-likeness (QED) is 0.862. The zero-order valence-corrected chi connectivity index (χ0v) is 10.2. The van der Waals surface area contributed by atoms with E-state index < -0.39 is 11.5 Å². The van der Waals surface area contributed by atoms with Crippen molar-refractivity contribution in [3.63, 3.8) is 0 Å². The predicted octanol–water partition coefficient (Wildman–Crippen LogP) is 1.75. The van der Waals surface area contributed by atoms with Crippen molar-refractivity contribution in [3.05, 3.63) is 57.9 Å². The van der Waals surface area contributed by atoms with Gasteiger partial charge in [-0.25, -0.2) is 9.18 Å². The van der Waals surface area contributed by atoms with E-state index in [2.05, 4.69) is 4.98 Å². The molecule has 1 aromatic heterocycles. The highest BCUT2D eigenvalue weighted by Crippen LogP contribution is 2.12. The first-order valence-corrected chi connectivity index (χ1v) is 5.80. The van der Waals surface area contributed by atoms with Crippen LogP contribution in [0.25, 0.3) is 0 Å². The van der Waals surface area contributed by atoms with Crippen LogP contribution in [0.15, 0.2) is 35.3 Å². The van der Waals surface area contributed by atoms with Crippen LogP contribution < -0.4 is 11.4 Å². The smallest absolute Gasteiger partial charge is 0.350 e. The number of alkyl halides is 1. The van der Waals surface area contributed by atoms with E-state index in [0.717, 1.165) is 21.9 Å². The van der Waals surface area contributed by atoms with E-state index in [1.807, 2.05) is 24.3 Å². The van der Waals surface area contributed by atoms with E-state index in [1.54, 1.807) is 0 Å². The van der Waals surface area contributed by atoms with Crippen molar-refractivity contribution in [1.82, 2.24) is 9.55 Å². The third kappa shape index (κ3) is 2.51. The number of halogens is 2. The minimum Gasteiger partial charge on any atom is -0.381 e. The van der Waals surface area contributed by atoms with Crippen LogP contribution >= 0.6 is 11.6 Å². The number of benzene rings is 1. The summed E-state index contributed by atoms with van der Waals surface area (Å²) in [5, 5.41) is 0.